The first-order valence-electron chi connectivity index (χ1n) is 11.9. The zero-order valence-corrected chi connectivity index (χ0v) is 21.5. The van der Waals surface area contributed by atoms with Crippen LogP contribution in [0.4, 0.5) is 5.69 Å². The number of hydrogen-bond donors (Lipinski definition) is 1. The topological polar surface area (TPSA) is 78.3 Å². The molecule has 0 saturated carbocycles. The zero-order valence-electron chi connectivity index (χ0n) is 20.7. The molecular weight excluding hydrogens is 472 g/mol. The first kappa shape index (κ1) is 25.3. The molecule has 4 aromatic rings. The summed E-state index contributed by atoms with van der Waals surface area (Å²) < 4.78 is 13.4. The standard InChI is InChI=1S/C28H30N4O3S/c1-4-34-23-16-14-21(15-17-23)32-26(18-35-22-10-6-5-7-11-22)30-31-28(32)36-19-27(33)29-25-13-9-8-12-24(25)20(2)3/h5-17,20H,4,18-19H2,1-3H3,(H,29,33). The maximum absolute atomic E-state index is 12.8. The molecule has 0 aliphatic carbocycles. The molecule has 4 rings (SSSR count). The molecule has 0 unspecified atom stereocenters. The molecule has 3 aromatic carbocycles. The van der Waals surface area contributed by atoms with E-state index >= 15 is 0 Å². The Kier molecular flexibility index (Phi) is 8.62. The van der Waals surface area contributed by atoms with Crippen LogP contribution >= 0.6 is 11.8 Å². The van der Waals surface area contributed by atoms with Crippen molar-refractivity contribution in [3.63, 3.8) is 0 Å². The van der Waals surface area contributed by atoms with E-state index in [9.17, 15) is 4.79 Å². The van der Waals surface area contributed by atoms with Crippen LogP contribution in [-0.2, 0) is 11.4 Å². The highest BCUT2D eigenvalue weighted by atomic mass is 32.2. The van der Waals surface area contributed by atoms with E-state index in [-0.39, 0.29) is 18.3 Å². The fraction of sp³-hybridized carbons (Fsp3) is 0.250. The van der Waals surface area contributed by atoms with E-state index in [1.54, 1.807) is 0 Å². The SMILES string of the molecule is CCOc1ccc(-n2c(COc3ccccc3)nnc2SCC(=O)Nc2ccccc2C(C)C)cc1. The van der Waals surface area contributed by atoms with E-state index in [1.165, 1.54) is 11.8 Å². The summed E-state index contributed by atoms with van der Waals surface area (Å²) in [5, 5.41) is 12.4. The Labute approximate surface area is 215 Å². The Morgan fingerprint density at radius 1 is 0.917 bits per heavy atom. The Hall–Kier alpha value is -3.78. The predicted molar refractivity (Wildman–Crippen MR) is 143 cm³/mol. The normalized spacial score (nSPS) is 10.9. The molecule has 0 spiro atoms. The number of anilines is 1. The van der Waals surface area contributed by atoms with E-state index < -0.39 is 0 Å². The minimum Gasteiger partial charge on any atom is -0.494 e. The molecule has 0 radical (unpaired) electrons. The first-order chi connectivity index (χ1) is 17.5. The van der Waals surface area contributed by atoms with Gasteiger partial charge in [0.25, 0.3) is 0 Å². The highest BCUT2D eigenvalue weighted by molar-refractivity contribution is 7.99. The second-order valence-corrected chi connectivity index (χ2v) is 9.28. The summed E-state index contributed by atoms with van der Waals surface area (Å²) in [4.78, 5) is 12.8. The molecule has 1 N–H and O–H groups in total. The van der Waals surface area contributed by atoms with Crippen LogP contribution in [0, 0.1) is 0 Å². The lowest BCUT2D eigenvalue weighted by Gasteiger charge is -2.14. The summed E-state index contributed by atoms with van der Waals surface area (Å²) in [6.07, 6.45) is 0. The minimum atomic E-state index is -0.101. The number of nitrogens with one attached hydrogen (secondary N) is 1. The quantitative estimate of drug-likeness (QED) is 0.250. The van der Waals surface area contributed by atoms with Crippen molar-refractivity contribution < 1.29 is 14.3 Å². The van der Waals surface area contributed by atoms with Gasteiger partial charge in [0.05, 0.1) is 12.4 Å². The van der Waals surface area contributed by atoms with E-state index in [2.05, 4.69) is 29.4 Å². The summed E-state index contributed by atoms with van der Waals surface area (Å²) in [6, 6.07) is 25.2. The third-order valence-electron chi connectivity index (χ3n) is 5.41. The van der Waals surface area contributed by atoms with Crippen LogP contribution in [0.3, 0.4) is 0 Å². The van der Waals surface area contributed by atoms with E-state index in [1.807, 2.05) is 90.4 Å². The molecule has 1 aromatic heterocycles. The molecule has 7 nitrogen and oxygen atoms in total. The number of ether oxygens (including phenoxy) is 2. The molecule has 1 amide bonds. The smallest absolute Gasteiger partial charge is 0.234 e. The van der Waals surface area contributed by atoms with E-state index in [0.717, 1.165) is 28.4 Å². The third kappa shape index (κ3) is 6.46. The monoisotopic (exact) mass is 502 g/mol. The van der Waals surface area contributed by atoms with Gasteiger partial charge in [-0.1, -0.05) is 62.0 Å². The molecule has 0 aliphatic heterocycles. The first-order valence-corrected chi connectivity index (χ1v) is 12.9. The number of para-hydroxylation sites is 2. The van der Waals surface area contributed by atoms with E-state index in [0.29, 0.717) is 23.5 Å². The number of nitrogens with zero attached hydrogens (tertiary/aromatic N) is 3. The Balaban J connectivity index is 1.52. The van der Waals surface area contributed by atoms with Crippen molar-refractivity contribution in [3.05, 3.63) is 90.3 Å². The van der Waals surface area contributed by atoms with Gasteiger partial charge in [-0.2, -0.15) is 0 Å². The molecule has 0 atom stereocenters. The van der Waals surface area contributed by atoms with Gasteiger partial charge < -0.3 is 14.8 Å². The number of thioether (sulfide) groups is 1. The lowest BCUT2D eigenvalue weighted by molar-refractivity contribution is -0.113. The second-order valence-electron chi connectivity index (χ2n) is 8.34. The van der Waals surface area contributed by atoms with Crippen LogP contribution in [-0.4, -0.2) is 33.0 Å². The average Bonchev–Trinajstić information content (AvgIpc) is 3.30. The molecule has 36 heavy (non-hydrogen) atoms. The lowest BCUT2D eigenvalue weighted by Crippen LogP contribution is -2.16. The molecule has 0 fully saturated rings. The van der Waals surface area contributed by atoms with Gasteiger partial charge in [0.2, 0.25) is 5.91 Å². The molecule has 0 bridgehead atoms. The molecule has 0 aliphatic rings. The highest BCUT2D eigenvalue weighted by Crippen LogP contribution is 2.27. The van der Waals surface area contributed by atoms with Crippen molar-refractivity contribution in [2.45, 2.75) is 38.5 Å². The van der Waals surface area contributed by atoms with Crippen molar-refractivity contribution in [1.82, 2.24) is 14.8 Å². The summed E-state index contributed by atoms with van der Waals surface area (Å²) in [5.74, 6) is 2.57. The Morgan fingerprint density at radius 2 is 1.61 bits per heavy atom. The van der Waals surface area contributed by atoms with Gasteiger partial charge in [0.15, 0.2) is 11.0 Å². The number of carbonyl (C=O) groups excluding carboxylic acids is 1. The van der Waals surface area contributed by atoms with Crippen LogP contribution in [0.5, 0.6) is 11.5 Å². The largest absolute Gasteiger partial charge is 0.494 e. The van der Waals surface area contributed by atoms with E-state index in [4.69, 9.17) is 9.47 Å². The number of rotatable bonds is 11. The number of aromatic nitrogens is 3. The molecule has 8 heteroatoms. The molecule has 1 heterocycles. The van der Waals surface area contributed by atoms with Gasteiger partial charge in [0, 0.05) is 11.4 Å². The summed E-state index contributed by atoms with van der Waals surface area (Å²) in [5.41, 5.74) is 2.81. The fourth-order valence-electron chi connectivity index (χ4n) is 3.70. The van der Waals surface area contributed by atoms with Crippen LogP contribution in [0.25, 0.3) is 5.69 Å². The maximum atomic E-state index is 12.8. The highest BCUT2D eigenvalue weighted by Gasteiger charge is 2.17. The molecular formula is C28H30N4O3S. The van der Waals surface area contributed by atoms with Crippen molar-refractivity contribution in [3.8, 4) is 17.2 Å². The summed E-state index contributed by atoms with van der Waals surface area (Å²) in [6.45, 7) is 7.00. The van der Waals surface area contributed by atoms with Crippen molar-refractivity contribution in [2.75, 3.05) is 17.7 Å². The average molecular weight is 503 g/mol. The van der Waals surface area contributed by atoms with Gasteiger partial charge in [-0.25, -0.2) is 0 Å². The summed E-state index contributed by atoms with van der Waals surface area (Å²) in [7, 11) is 0. The summed E-state index contributed by atoms with van der Waals surface area (Å²) >= 11 is 1.33. The van der Waals surface area contributed by atoms with Gasteiger partial charge in [-0.15, -0.1) is 10.2 Å². The van der Waals surface area contributed by atoms with Gasteiger partial charge >= 0.3 is 0 Å². The molecule has 186 valence electrons. The van der Waals surface area contributed by atoms with Gasteiger partial charge in [0.1, 0.15) is 18.1 Å². The maximum Gasteiger partial charge on any atom is 0.234 e. The van der Waals surface area contributed by atoms with Gasteiger partial charge in [-0.3, -0.25) is 9.36 Å². The van der Waals surface area contributed by atoms with Crippen LogP contribution in [0.15, 0.2) is 84.0 Å². The number of hydrogen-bond acceptors (Lipinski definition) is 6. The van der Waals surface area contributed by atoms with Crippen LogP contribution in [0.1, 0.15) is 38.1 Å². The Morgan fingerprint density at radius 3 is 2.33 bits per heavy atom. The third-order valence-corrected chi connectivity index (χ3v) is 6.34. The van der Waals surface area contributed by atoms with Gasteiger partial charge in [-0.05, 0) is 60.9 Å². The van der Waals surface area contributed by atoms with Crippen LogP contribution in [0.2, 0.25) is 0 Å². The molecule has 0 saturated heterocycles. The Bertz CT molecular complexity index is 1270. The van der Waals surface area contributed by atoms with Crippen LogP contribution < -0.4 is 14.8 Å². The lowest BCUT2D eigenvalue weighted by atomic mass is 10.0. The predicted octanol–water partition coefficient (Wildman–Crippen LogP) is 6.10. The fourth-order valence-corrected chi connectivity index (χ4v) is 4.47. The zero-order chi connectivity index (χ0) is 25.3. The number of carbonyl (C=O) groups is 1. The number of benzene rings is 3. The van der Waals surface area contributed by atoms with Crippen molar-refractivity contribution in [2.24, 2.45) is 0 Å². The van der Waals surface area contributed by atoms with Crippen molar-refractivity contribution in [1.29, 1.82) is 0 Å². The number of amides is 1. The van der Waals surface area contributed by atoms with Crippen molar-refractivity contribution >= 4 is 23.4 Å². The minimum absolute atomic E-state index is 0.101. The second kappa shape index (κ2) is 12.3.